The van der Waals surface area contributed by atoms with E-state index in [-0.39, 0.29) is 11.8 Å². The zero-order valence-electron chi connectivity index (χ0n) is 20.4. The standard InChI is InChI=1S/C27H24BrN7O3/c1-2-3-13-38-19-10-7-16(8-11-19)26(36)31-22-6-4-5-17-14-23(29-24(17)22)27(37)30-21-12-9-18(28)15-20(21)25-32-34-35-33-25/h4-12,14-15,29H,2-3,13H2,1H3,(H,30,37)(H,31,36)(H,32,33,34,35). The van der Waals surface area contributed by atoms with E-state index < -0.39 is 0 Å². The van der Waals surface area contributed by atoms with E-state index in [1.807, 2.05) is 18.2 Å². The summed E-state index contributed by atoms with van der Waals surface area (Å²) in [7, 11) is 0. The Morgan fingerprint density at radius 3 is 2.55 bits per heavy atom. The summed E-state index contributed by atoms with van der Waals surface area (Å²) >= 11 is 3.43. The van der Waals surface area contributed by atoms with Crippen molar-refractivity contribution in [3.63, 3.8) is 0 Å². The van der Waals surface area contributed by atoms with Crippen molar-refractivity contribution in [2.24, 2.45) is 0 Å². The van der Waals surface area contributed by atoms with Crippen LogP contribution in [0.1, 0.15) is 40.6 Å². The van der Waals surface area contributed by atoms with E-state index in [4.69, 9.17) is 4.74 Å². The molecule has 10 nitrogen and oxygen atoms in total. The number of anilines is 2. The Bertz CT molecular complexity index is 1580. The smallest absolute Gasteiger partial charge is 0.272 e. The summed E-state index contributed by atoms with van der Waals surface area (Å²) in [4.78, 5) is 29.2. The second-order valence-corrected chi connectivity index (χ2v) is 9.44. The van der Waals surface area contributed by atoms with Gasteiger partial charge in [0.1, 0.15) is 11.4 Å². The summed E-state index contributed by atoms with van der Waals surface area (Å²) in [6.07, 6.45) is 2.03. The first-order valence-electron chi connectivity index (χ1n) is 12.0. The predicted octanol–water partition coefficient (Wildman–Crippen LogP) is 5.79. The van der Waals surface area contributed by atoms with E-state index in [9.17, 15) is 9.59 Å². The van der Waals surface area contributed by atoms with E-state index >= 15 is 0 Å². The van der Waals surface area contributed by atoms with Crippen LogP contribution in [0.2, 0.25) is 0 Å². The number of unbranched alkanes of at least 4 members (excludes halogenated alkanes) is 1. The zero-order valence-corrected chi connectivity index (χ0v) is 22.0. The molecule has 0 aliphatic carbocycles. The van der Waals surface area contributed by atoms with E-state index in [1.54, 1.807) is 48.5 Å². The quantitative estimate of drug-likeness (QED) is 0.164. The van der Waals surface area contributed by atoms with Crippen molar-refractivity contribution in [3.8, 4) is 17.1 Å². The number of amides is 2. The summed E-state index contributed by atoms with van der Waals surface area (Å²) in [6.45, 7) is 2.75. The molecular formula is C27H24BrN7O3. The fourth-order valence-electron chi connectivity index (χ4n) is 3.90. The molecule has 11 heteroatoms. The topological polar surface area (TPSA) is 138 Å². The maximum absolute atomic E-state index is 13.2. The Kier molecular flexibility index (Phi) is 7.45. The van der Waals surface area contributed by atoms with Crippen LogP contribution >= 0.6 is 15.9 Å². The van der Waals surface area contributed by atoms with Crippen molar-refractivity contribution in [1.82, 2.24) is 25.6 Å². The zero-order chi connectivity index (χ0) is 26.5. The third-order valence-electron chi connectivity index (χ3n) is 5.86. The van der Waals surface area contributed by atoms with Gasteiger partial charge in [-0.2, -0.15) is 0 Å². The van der Waals surface area contributed by atoms with Crippen LogP contribution in [0.3, 0.4) is 0 Å². The lowest BCUT2D eigenvalue weighted by molar-refractivity contribution is 0.101. The van der Waals surface area contributed by atoms with Crippen LogP contribution < -0.4 is 15.4 Å². The van der Waals surface area contributed by atoms with Crippen molar-refractivity contribution in [2.75, 3.05) is 17.2 Å². The lowest BCUT2D eigenvalue weighted by Crippen LogP contribution is -2.13. The van der Waals surface area contributed by atoms with Gasteiger partial charge in [0.05, 0.1) is 23.5 Å². The van der Waals surface area contributed by atoms with Gasteiger partial charge in [-0.15, -0.1) is 5.10 Å². The fraction of sp³-hybridized carbons (Fsp3) is 0.148. The molecule has 0 unspecified atom stereocenters. The van der Waals surface area contributed by atoms with Crippen molar-refractivity contribution >= 4 is 50.0 Å². The van der Waals surface area contributed by atoms with Crippen LogP contribution in [0.4, 0.5) is 11.4 Å². The molecule has 3 aromatic carbocycles. The number of para-hydroxylation sites is 1. The Labute approximate surface area is 226 Å². The first-order valence-corrected chi connectivity index (χ1v) is 12.8. The predicted molar refractivity (Wildman–Crippen MR) is 148 cm³/mol. The van der Waals surface area contributed by atoms with Crippen LogP contribution in [0, 0.1) is 0 Å². The number of nitrogens with one attached hydrogen (secondary N) is 4. The SMILES string of the molecule is CCCCOc1ccc(C(=O)Nc2cccc3cc(C(=O)Nc4ccc(Br)cc4-c4nnn[nH]4)[nH]c23)cc1. The van der Waals surface area contributed by atoms with Crippen molar-refractivity contribution in [1.29, 1.82) is 0 Å². The van der Waals surface area contributed by atoms with Gasteiger partial charge in [0.2, 0.25) is 0 Å². The van der Waals surface area contributed by atoms with E-state index in [2.05, 4.69) is 59.1 Å². The van der Waals surface area contributed by atoms with Crippen LogP contribution in [-0.2, 0) is 0 Å². The summed E-state index contributed by atoms with van der Waals surface area (Å²) in [5.74, 6) is 0.529. The highest BCUT2D eigenvalue weighted by Crippen LogP contribution is 2.30. The maximum atomic E-state index is 13.2. The number of aromatic nitrogens is 5. The van der Waals surface area contributed by atoms with Gasteiger partial charge in [0, 0.05) is 21.0 Å². The molecule has 0 atom stereocenters. The Morgan fingerprint density at radius 2 is 1.79 bits per heavy atom. The minimum Gasteiger partial charge on any atom is -0.494 e. The molecule has 0 fully saturated rings. The van der Waals surface area contributed by atoms with Crippen LogP contribution in [0.15, 0.2) is 71.2 Å². The molecule has 2 amide bonds. The lowest BCUT2D eigenvalue weighted by Gasteiger charge is -2.09. The number of nitrogens with zero attached hydrogens (tertiary/aromatic N) is 3. The van der Waals surface area contributed by atoms with Crippen molar-refractivity contribution < 1.29 is 14.3 Å². The molecule has 5 rings (SSSR count). The summed E-state index contributed by atoms with van der Waals surface area (Å²) in [5, 5.41) is 20.5. The number of tetrazole rings is 1. The number of H-pyrrole nitrogens is 2. The monoisotopic (exact) mass is 573 g/mol. The second kappa shape index (κ2) is 11.3. The highest BCUT2D eigenvalue weighted by molar-refractivity contribution is 9.10. The number of carbonyl (C=O) groups excluding carboxylic acids is 2. The molecule has 0 bridgehead atoms. The maximum Gasteiger partial charge on any atom is 0.272 e. The summed E-state index contributed by atoms with van der Waals surface area (Å²) in [5.41, 5.74) is 3.20. The molecule has 0 radical (unpaired) electrons. The largest absolute Gasteiger partial charge is 0.494 e. The average molecular weight is 574 g/mol. The lowest BCUT2D eigenvalue weighted by atomic mass is 10.1. The normalized spacial score (nSPS) is 10.9. The van der Waals surface area contributed by atoms with E-state index in [0.717, 1.165) is 28.5 Å². The molecule has 0 spiro atoms. The molecule has 0 aliphatic rings. The van der Waals surface area contributed by atoms with Crippen molar-refractivity contribution in [3.05, 3.63) is 82.5 Å². The van der Waals surface area contributed by atoms with Crippen LogP contribution in [0.5, 0.6) is 5.75 Å². The number of ether oxygens (including phenoxy) is 1. The molecule has 2 heterocycles. The number of fused-ring (bicyclic) bond motifs is 1. The van der Waals surface area contributed by atoms with Gasteiger partial charge in [-0.3, -0.25) is 9.59 Å². The third kappa shape index (κ3) is 5.57. The molecule has 0 saturated carbocycles. The molecule has 0 aliphatic heterocycles. The number of hydrogen-bond donors (Lipinski definition) is 4. The van der Waals surface area contributed by atoms with Gasteiger partial charge in [-0.05, 0) is 71.4 Å². The Hall–Kier alpha value is -4.51. The van der Waals surface area contributed by atoms with E-state index in [0.29, 0.717) is 46.1 Å². The van der Waals surface area contributed by atoms with Crippen LogP contribution in [-0.4, -0.2) is 44.0 Å². The number of carbonyl (C=O) groups is 2. The molecule has 0 saturated heterocycles. The van der Waals surface area contributed by atoms with Gasteiger partial charge in [-0.1, -0.05) is 41.4 Å². The fourth-order valence-corrected chi connectivity index (χ4v) is 4.26. The Morgan fingerprint density at radius 1 is 0.974 bits per heavy atom. The highest BCUT2D eigenvalue weighted by Gasteiger charge is 2.17. The van der Waals surface area contributed by atoms with Gasteiger partial charge in [0.15, 0.2) is 5.82 Å². The number of halogens is 1. The molecule has 192 valence electrons. The van der Waals surface area contributed by atoms with Crippen molar-refractivity contribution in [2.45, 2.75) is 19.8 Å². The highest BCUT2D eigenvalue weighted by atomic mass is 79.9. The minimum absolute atomic E-state index is 0.265. The summed E-state index contributed by atoms with van der Waals surface area (Å²) in [6, 6.07) is 19.6. The van der Waals surface area contributed by atoms with Gasteiger partial charge in [0.25, 0.3) is 11.8 Å². The van der Waals surface area contributed by atoms with Crippen LogP contribution in [0.25, 0.3) is 22.3 Å². The minimum atomic E-state index is -0.354. The summed E-state index contributed by atoms with van der Waals surface area (Å²) < 4.78 is 6.48. The first-order chi connectivity index (χ1) is 18.5. The number of aromatic amines is 2. The number of hydrogen-bond acceptors (Lipinski definition) is 6. The number of rotatable bonds is 9. The van der Waals surface area contributed by atoms with E-state index in [1.165, 1.54) is 0 Å². The van der Waals surface area contributed by atoms with Gasteiger partial charge < -0.3 is 20.4 Å². The number of benzene rings is 3. The van der Waals surface area contributed by atoms with Gasteiger partial charge in [-0.25, -0.2) is 5.10 Å². The second-order valence-electron chi connectivity index (χ2n) is 8.53. The Balaban J connectivity index is 1.33. The third-order valence-corrected chi connectivity index (χ3v) is 6.36. The molecule has 38 heavy (non-hydrogen) atoms. The molecule has 2 aromatic heterocycles. The average Bonchev–Trinajstić information content (AvgIpc) is 3.61. The molecular weight excluding hydrogens is 550 g/mol. The first kappa shape index (κ1) is 25.2. The van der Waals surface area contributed by atoms with Gasteiger partial charge >= 0.3 is 0 Å². The molecule has 4 N–H and O–H groups in total. The molecule has 5 aromatic rings.